The van der Waals surface area contributed by atoms with Gasteiger partial charge in [0, 0.05) is 17.5 Å². The van der Waals surface area contributed by atoms with E-state index in [9.17, 15) is 0 Å². The molecule has 2 atom stereocenters. The maximum absolute atomic E-state index is 6.50. The second kappa shape index (κ2) is 8.46. The van der Waals surface area contributed by atoms with E-state index in [-0.39, 0.29) is 12.3 Å². The number of ether oxygens (including phenoxy) is 4. The summed E-state index contributed by atoms with van der Waals surface area (Å²) in [5, 5.41) is 7.09. The topological polar surface area (TPSA) is 52.5 Å². The lowest BCUT2D eigenvalue weighted by Crippen LogP contribution is -2.33. The highest BCUT2D eigenvalue weighted by Gasteiger charge is 2.42. The van der Waals surface area contributed by atoms with Crippen molar-refractivity contribution in [3.8, 4) is 23.0 Å². The average molecular weight is 431 g/mol. The summed E-state index contributed by atoms with van der Waals surface area (Å²) in [5.41, 5.74) is 4.19. The van der Waals surface area contributed by atoms with Gasteiger partial charge in [-0.2, -0.15) is 5.10 Å². The molecule has 2 aliphatic heterocycles. The van der Waals surface area contributed by atoms with Crippen LogP contribution in [-0.4, -0.2) is 31.5 Å². The lowest BCUT2D eigenvalue weighted by molar-refractivity contribution is -0.0209. The summed E-state index contributed by atoms with van der Waals surface area (Å²) >= 11 is 0. The van der Waals surface area contributed by atoms with Gasteiger partial charge >= 0.3 is 0 Å². The van der Waals surface area contributed by atoms with E-state index in [2.05, 4.69) is 23.2 Å². The highest BCUT2D eigenvalue weighted by atomic mass is 16.5. The lowest BCUT2D eigenvalue weighted by atomic mass is 9.95. The summed E-state index contributed by atoms with van der Waals surface area (Å²) < 4.78 is 23.0. The fourth-order valence-corrected chi connectivity index (χ4v) is 4.32. The maximum Gasteiger partial charge on any atom is 0.214 e. The minimum absolute atomic E-state index is 0.0579. The molecule has 6 heteroatoms. The maximum atomic E-state index is 6.50. The van der Waals surface area contributed by atoms with Gasteiger partial charge in [-0.3, -0.25) is 0 Å². The normalized spacial score (nSPS) is 18.8. The predicted molar refractivity (Wildman–Crippen MR) is 123 cm³/mol. The van der Waals surface area contributed by atoms with Crippen LogP contribution in [0.1, 0.15) is 42.3 Å². The van der Waals surface area contributed by atoms with Crippen LogP contribution in [0.15, 0.2) is 71.8 Å². The number of hydrogen-bond donors (Lipinski definition) is 0. The van der Waals surface area contributed by atoms with Crippen LogP contribution in [0.25, 0.3) is 0 Å². The third kappa shape index (κ3) is 3.51. The first-order valence-corrected chi connectivity index (χ1v) is 10.8. The highest BCUT2D eigenvalue weighted by Crippen LogP contribution is 2.50. The van der Waals surface area contributed by atoms with E-state index in [4.69, 9.17) is 24.0 Å². The van der Waals surface area contributed by atoms with Crippen LogP contribution in [0, 0.1) is 0 Å². The quantitative estimate of drug-likeness (QED) is 0.528. The second-order valence-corrected chi connectivity index (χ2v) is 7.73. The van der Waals surface area contributed by atoms with Gasteiger partial charge in [0.1, 0.15) is 11.5 Å². The van der Waals surface area contributed by atoms with Crippen molar-refractivity contribution in [3.63, 3.8) is 0 Å². The molecule has 32 heavy (non-hydrogen) atoms. The fourth-order valence-electron chi connectivity index (χ4n) is 4.32. The molecule has 2 aliphatic rings. The molecule has 0 saturated carbocycles. The molecular formula is C26H26N2O4. The van der Waals surface area contributed by atoms with Gasteiger partial charge in [-0.15, -0.1) is 0 Å². The highest BCUT2D eigenvalue weighted by molar-refractivity contribution is 6.02. The Morgan fingerprint density at radius 2 is 1.69 bits per heavy atom. The van der Waals surface area contributed by atoms with Gasteiger partial charge in [0.15, 0.2) is 11.5 Å². The Balaban J connectivity index is 1.55. The Bertz CT molecular complexity index is 1130. The van der Waals surface area contributed by atoms with Gasteiger partial charge in [0.05, 0.1) is 32.6 Å². The Kier molecular flexibility index (Phi) is 5.35. The van der Waals surface area contributed by atoms with Crippen molar-refractivity contribution in [2.75, 3.05) is 20.8 Å². The number of para-hydroxylation sites is 1. The van der Waals surface area contributed by atoms with Gasteiger partial charge in [-0.25, -0.2) is 5.01 Å². The van der Waals surface area contributed by atoms with E-state index in [0.29, 0.717) is 6.61 Å². The Morgan fingerprint density at radius 1 is 0.938 bits per heavy atom. The molecule has 164 valence electrons. The van der Waals surface area contributed by atoms with Crippen LogP contribution in [0.2, 0.25) is 0 Å². The van der Waals surface area contributed by atoms with Gasteiger partial charge in [-0.05, 0) is 67.1 Å². The molecule has 0 spiro atoms. The van der Waals surface area contributed by atoms with E-state index in [0.717, 1.165) is 51.8 Å². The molecule has 3 aromatic carbocycles. The van der Waals surface area contributed by atoms with Crippen molar-refractivity contribution in [2.24, 2.45) is 5.10 Å². The van der Waals surface area contributed by atoms with E-state index in [1.54, 1.807) is 14.2 Å². The van der Waals surface area contributed by atoms with Crippen LogP contribution in [-0.2, 0) is 0 Å². The molecule has 0 fully saturated rings. The third-order valence-corrected chi connectivity index (χ3v) is 5.90. The van der Waals surface area contributed by atoms with Crippen molar-refractivity contribution in [3.05, 3.63) is 83.4 Å². The SMILES string of the molecule is CCOc1ccc(C2=NN3[C@@H](c4ccc(OC)cc4)Oc4c(OC)cccc4[C@@H]3C2)cc1. The summed E-state index contributed by atoms with van der Waals surface area (Å²) in [5.74, 6) is 3.18. The third-order valence-electron chi connectivity index (χ3n) is 5.90. The Hall–Kier alpha value is -3.67. The molecule has 2 heterocycles. The monoisotopic (exact) mass is 430 g/mol. The van der Waals surface area contributed by atoms with Gasteiger partial charge < -0.3 is 18.9 Å². The number of benzene rings is 3. The average Bonchev–Trinajstić information content (AvgIpc) is 3.30. The molecule has 0 aliphatic carbocycles. The van der Waals surface area contributed by atoms with Crippen molar-refractivity contribution >= 4 is 5.71 Å². The van der Waals surface area contributed by atoms with Gasteiger partial charge in [-0.1, -0.05) is 12.1 Å². The zero-order valence-corrected chi connectivity index (χ0v) is 18.4. The molecule has 0 amide bonds. The largest absolute Gasteiger partial charge is 0.497 e. The van der Waals surface area contributed by atoms with Gasteiger partial charge in [0.2, 0.25) is 6.23 Å². The predicted octanol–water partition coefficient (Wildman–Crippen LogP) is 5.34. The summed E-state index contributed by atoms with van der Waals surface area (Å²) in [7, 11) is 3.33. The number of nitrogens with zero attached hydrogens (tertiary/aromatic N) is 2. The molecule has 0 saturated heterocycles. The first-order chi connectivity index (χ1) is 15.7. The molecular weight excluding hydrogens is 404 g/mol. The summed E-state index contributed by atoms with van der Waals surface area (Å²) in [4.78, 5) is 0. The van der Waals surface area contributed by atoms with Crippen LogP contribution in [0.3, 0.4) is 0 Å². The fraction of sp³-hybridized carbons (Fsp3) is 0.269. The Morgan fingerprint density at radius 3 is 2.38 bits per heavy atom. The van der Waals surface area contributed by atoms with Crippen molar-refractivity contribution in [2.45, 2.75) is 25.6 Å². The first-order valence-electron chi connectivity index (χ1n) is 10.8. The van der Waals surface area contributed by atoms with Crippen molar-refractivity contribution in [1.82, 2.24) is 5.01 Å². The smallest absolute Gasteiger partial charge is 0.214 e. The number of hydrogen-bond acceptors (Lipinski definition) is 6. The minimum Gasteiger partial charge on any atom is -0.497 e. The number of rotatable bonds is 6. The number of hydrazone groups is 1. The first kappa shape index (κ1) is 20.2. The van der Waals surface area contributed by atoms with E-state index >= 15 is 0 Å². The zero-order valence-electron chi connectivity index (χ0n) is 18.4. The Labute approximate surface area is 188 Å². The molecule has 0 unspecified atom stereocenters. The second-order valence-electron chi connectivity index (χ2n) is 7.73. The summed E-state index contributed by atoms with van der Waals surface area (Å²) in [6.45, 7) is 2.63. The van der Waals surface area contributed by atoms with E-state index in [1.165, 1.54) is 0 Å². The van der Waals surface area contributed by atoms with Crippen molar-refractivity contribution < 1.29 is 18.9 Å². The van der Waals surface area contributed by atoms with Gasteiger partial charge in [0.25, 0.3) is 0 Å². The molecule has 6 nitrogen and oxygen atoms in total. The zero-order chi connectivity index (χ0) is 22.1. The van der Waals surface area contributed by atoms with Crippen LogP contribution >= 0.6 is 0 Å². The van der Waals surface area contributed by atoms with Crippen LogP contribution in [0.5, 0.6) is 23.0 Å². The summed E-state index contributed by atoms with van der Waals surface area (Å²) in [6.07, 6.45) is 0.416. The summed E-state index contributed by atoms with van der Waals surface area (Å²) in [6, 6.07) is 22.1. The molecule has 3 aromatic rings. The molecule has 5 rings (SSSR count). The molecule has 0 radical (unpaired) electrons. The number of fused-ring (bicyclic) bond motifs is 3. The van der Waals surface area contributed by atoms with Crippen LogP contribution in [0.4, 0.5) is 0 Å². The standard InChI is InChI=1S/C26H26N2O4/c1-4-31-20-14-8-17(9-15-20)22-16-23-21-6-5-7-24(30-3)25(21)32-26(28(23)27-22)18-10-12-19(29-2)13-11-18/h5-15,23,26H,4,16H2,1-3H3/t23-,26+/m0/s1. The molecule has 0 bridgehead atoms. The number of methoxy groups -OCH3 is 2. The minimum atomic E-state index is -0.366. The van der Waals surface area contributed by atoms with E-state index in [1.807, 2.05) is 55.5 Å². The van der Waals surface area contributed by atoms with E-state index < -0.39 is 0 Å². The molecule has 0 aromatic heterocycles. The molecule has 0 N–H and O–H groups in total. The van der Waals surface area contributed by atoms with Crippen LogP contribution < -0.4 is 18.9 Å². The van der Waals surface area contributed by atoms with Crippen molar-refractivity contribution in [1.29, 1.82) is 0 Å². The lowest BCUT2D eigenvalue weighted by Gasteiger charge is -2.38.